The molecule has 1 aliphatic rings. The summed E-state index contributed by atoms with van der Waals surface area (Å²) in [7, 11) is 1.63. The number of ether oxygens (including phenoxy) is 1. The molecule has 0 aromatic carbocycles. The molecule has 1 saturated carbocycles. The van der Waals surface area contributed by atoms with E-state index in [1.165, 1.54) is 0 Å². The molecule has 1 atom stereocenters. The van der Waals surface area contributed by atoms with Crippen molar-refractivity contribution in [3.8, 4) is 5.75 Å². The van der Waals surface area contributed by atoms with Gasteiger partial charge in [0.1, 0.15) is 11.3 Å². The molecule has 1 unspecified atom stereocenters. The highest BCUT2D eigenvalue weighted by molar-refractivity contribution is 5.33. The number of aromatic nitrogens is 2. The van der Waals surface area contributed by atoms with Gasteiger partial charge in [0.05, 0.1) is 13.3 Å². The SMILES string of the molecule is CCC(O)(c1c(OC)cnn1C(C)C)C1CC1. The molecule has 1 fully saturated rings. The first-order chi connectivity index (χ1) is 8.04. The van der Waals surface area contributed by atoms with Crippen LogP contribution in [0.2, 0.25) is 0 Å². The Morgan fingerprint density at radius 2 is 2.24 bits per heavy atom. The number of aliphatic hydroxyl groups is 1. The van der Waals surface area contributed by atoms with E-state index in [4.69, 9.17) is 4.74 Å². The summed E-state index contributed by atoms with van der Waals surface area (Å²) >= 11 is 0. The van der Waals surface area contributed by atoms with E-state index in [1.807, 2.05) is 11.6 Å². The van der Waals surface area contributed by atoms with E-state index in [1.54, 1.807) is 13.3 Å². The highest BCUT2D eigenvalue weighted by Gasteiger charge is 2.47. The molecule has 0 spiro atoms. The Labute approximate surface area is 103 Å². The lowest BCUT2D eigenvalue weighted by Crippen LogP contribution is -2.32. The molecule has 4 nitrogen and oxygen atoms in total. The molecule has 0 radical (unpaired) electrons. The fourth-order valence-corrected chi connectivity index (χ4v) is 2.51. The summed E-state index contributed by atoms with van der Waals surface area (Å²) in [5.74, 6) is 1.06. The molecule has 1 aliphatic carbocycles. The van der Waals surface area contributed by atoms with Gasteiger partial charge < -0.3 is 9.84 Å². The lowest BCUT2D eigenvalue weighted by atomic mass is 9.90. The van der Waals surface area contributed by atoms with Crippen molar-refractivity contribution in [2.75, 3.05) is 7.11 Å². The lowest BCUT2D eigenvalue weighted by molar-refractivity contribution is -0.00289. The fourth-order valence-electron chi connectivity index (χ4n) is 2.51. The molecule has 1 heterocycles. The van der Waals surface area contributed by atoms with Gasteiger partial charge in [0.15, 0.2) is 5.75 Å². The Morgan fingerprint density at radius 3 is 2.65 bits per heavy atom. The van der Waals surface area contributed by atoms with Crippen molar-refractivity contribution in [1.82, 2.24) is 9.78 Å². The van der Waals surface area contributed by atoms with Crippen LogP contribution in [0.25, 0.3) is 0 Å². The molecule has 0 amide bonds. The second kappa shape index (κ2) is 4.33. The molecular weight excluding hydrogens is 216 g/mol. The molecule has 2 rings (SSSR count). The summed E-state index contributed by atoms with van der Waals surface area (Å²) in [5.41, 5.74) is 0.0616. The van der Waals surface area contributed by atoms with E-state index >= 15 is 0 Å². The Morgan fingerprint density at radius 1 is 1.59 bits per heavy atom. The smallest absolute Gasteiger partial charge is 0.162 e. The van der Waals surface area contributed by atoms with Crippen molar-refractivity contribution in [2.45, 2.75) is 51.7 Å². The molecular formula is C13H22N2O2. The maximum Gasteiger partial charge on any atom is 0.162 e. The van der Waals surface area contributed by atoms with Gasteiger partial charge in [-0.3, -0.25) is 4.68 Å². The van der Waals surface area contributed by atoms with Crippen LogP contribution in [0.3, 0.4) is 0 Å². The summed E-state index contributed by atoms with van der Waals surface area (Å²) in [4.78, 5) is 0. The van der Waals surface area contributed by atoms with Crippen LogP contribution < -0.4 is 4.74 Å². The van der Waals surface area contributed by atoms with Gasteiger partial charge in [-0.1, -0.05) is 6.92 Å². The Balaban J connectivity index is 2.50. The number of rotatable bonds is 5. The maximum atomic E-state index is 10.9. The normalized spacial score (nSPS) is 19.4. The third-order valence-electron chi connectivity index (χ3n) is 3.67. The Bertz CT molecular complexity index is 396. The van der Waals surface area contributed by atoms with Gasteiger partial charge in [-0.25, -0.2) is 0 Å². The van der Waals surface area contributed by atoms with E-state index in [2.05, 4.69) is 18.9 Å². The summed E-state index contributed by atoms with van der Waals surface area (Å²) in [6.45, 7) is 6.16. The van der Waals surface area contributed by atoms with E-state index < -0.39 is 5.60 Å². The van der Waals surface area contributed by atoms with Crippen molar-refractivity contribution >= 4 is 0 Å². The van der Waals surface area contributed by atoms with E-state index in [0.29, 0.717) is 18.1 Å². The second-order valence-corrected chi connectivity index (χ2v) is 5.15. The minimum atomic E-state index is -0.786. The third-order valence-corrected chi connectivity index (χ3v) is 3.67. The first-order valence-corrected chi connectivity index (χ1v) is 6.39. The van der Waals surface area contributed by atoms with Crippen LogP contribution in [-0.4, -0.2) is 22.0 Å². The predicted octanol–water partition coefficient (Wildman–Crippen LogP) is 2.48. The van der Waals surface area contributed by atoms with Gasteiger partial charge in [-0.15, -0.1) is 0 Å². The van der Waals surface area contributed by atoms with Gasteiger partial charge in [-0.05, 0) is 39.0 Å². The summed E-state index contributed by atoms with van der Waals surface area (Å²) in [5, 5.41) is 15.3. The van der Waals surface area contributed by atoms with Gasteiger partial charge in [0.25, 0.3) is 0 Å². The molecule has 0 saturated heterocycles. The van der Waals surface area contributed by atoms with Crippen LogP contribution in [0.15, 0.2) is 6.20 Å². The second-order valence-electron chi connectivity index (χ2n) is 5.15. The van der Waals surface area contributed by atoms with Crippen LogP contribution in [0.4, 0.5) is 0 Å². The van der Waals surface area contributed by atoms with Crippen molar-refractivity contribution in [1.29, 1.82) is 0 Å². The topological polar surface area (TPSA) is 47.3 Å². The van der Waals surface area contributed by atoms with Gasteiger partial charge in [0, 0.05) is 6.04 Å². The average Bonchev–Trinajstić information content (AvgIpc) is 3.07. The van der Waals surface area contributed by atoms with Crippen molar-refractivity contribution in [3.05, 3.63) is 11.9 Å². The lowest BCUT2D eigenvalue weighted by Gasteiger charge is -2.29. The molecule has 0 aliphatic heterocycles. The minimum Gasteiger partial charge on any atom is -0.493 e. The van der Waals surface area contributed by atoms with E-state index in [0.717, 1.165) is 18.5 Å². The van der Waals surface area contributed by atoms with Crippen LogP contribution >= 0.6 is 0 Å². The highest BCUT2D eigenvalue weighted by Crippen LogP contribution is 2.50. The molecule has 1 aromatic heterocycles. The summed E-state index contributed by atoms with van der Waals surface area (Å²) in [6.07, 6.45) is 4.60. The number of nitrogens with zero attached hydrogens (tertiary/aromatic N) is 2. The van der Waals surface area contributed by atoms with Crippen LogP contribution in [0.1, 0.15) is 51.8 Å². The molecule has 17 heavy (non-hydrogen) atoms. The summed E-state index contributed by atoms with van der Waals surface area (Å²) < 4.78 is 7.25. The zero-order valence-corrected chi connectivity index (χ0v) is 11.1. The fraction of sp³-hybridized carbons (Fsp3) is 0.769. The first-order valence-electron chi connectivity index (χ1n) is 6.39. The van der Waals surface area contributed by atoms with Gasteiger partial charge >= 0.3 is 0 Å². The average molecular weight is 238 g/mol. The zero-order chi connectivity index (χ0) is 12.6. The zero-order valence-electron chi connectivity index (χ0n) is 11.1. The largest absolute Gasteiger partial charge is 0.493 e. The first kappa shape index (κ1) is 12.4. The maximum absolute atomic E-state index is 10.9. The van der Waals surface area contributed by atoms with E-state index in [9.17, 15) is 5.11 Å². The van der Waals surface area contributed by atoms with Crippen molar-refractivity contribution in [2.24, 2.45) is 5.92 Å². The number of hydrogen-bond donors (Lipinski definition) is 1. The van der Waals surface area contributed by atoms with Crippen LogP contribution in [0.5, 0.6) is 5.75 Å². The van der Waals surface area contributed by atoms with Crippen LogP contribution in [-0.2, 0) is 5.60 Å². The molecule has 1 N–H and O–H groups in total. The Kier molecular flexibility index (Phi) is 3.17. The molecule has 1 aromatic rings. The van der Waals surface area contributed by atoms with Crippen molar-refractivity contribution in [3.63, 3.8) is 0 Å². The number of hydrogen-bond acceptors (Lipinski definition) is 3. The van der Waals surface area contributed by atoms with Gasteiger partial charge in [-0.2, -0.15) is 5.10 Å². The highest BCUT2D eigenvalue weighted by atomic mass is 16.5. The predicted molar refractivity (Wildman–Crippen MR) is 66.1 cm³/mol. The van der Waals surface area contributed by atoms with E-state index in [-0.39, 0.29) is 6.04 Å². The molecule has 0 bridgehead atoms. The molecule has 96 valence electrons. The standard InChI is InChI=1S/C13H22N2O2/c1-5-13(16,10-6-7-10)12-11(17-4)8-14-15(12)9(2)3/h8-10,16H,5-7H2,1-4H3. The number of methoxy groups -OCH3 is 1. The van der Waals surface area contributed by atoms with Crippen LogP contribution in [0, 0.1) is 5.92 Å². The quantitative estimate of drug-likeness (QED) is 0.857. The molecule has 4 heteroatoms. The monoisotopic (exact) mass is 238 g/mol. The Hall–Kier alpha value is -1.03. The van der Waals surface area contributed by atoms with Gasteiger partial charge in [0.2, 0.25) is 0 Å². The summed E-state index contributed by atoms with van der Waals surface area (Å²) in [6, 6.07) is 0.228. The van der Waals surface area contributed by atoms with Crippen molar-refractivity contribution < 1.29 is 9.84 Å². The minimum absolute atomic E-state index is 0.228. The third kappa shape index (κ3) is 1.95.